The minimum absolute atomic E-state index is 0.157. The van der Waals surface area contributed by atoms with Gasteiger partial charge in [0.05, 0.1) is 10.7 Å². The van der Waals surface area contributed by atoms with Crippen LogP contribution >= 0.6 is 23.2 Å². The molecule has 130 valence electrons. The Kier molecular flexibility index (Phi) is 5.29. The molecular formula is C15H16Cl2N2O4S. The van der Waals surface area contributed by atoms with E-state index in [4.69, 9.17) is 27.6 Å². The fourth-order valence-electron chi connectivity index (χ4n) is 1.81. The van der Waals surface area contributed by atoms with Crippen LogP contribution in [0.3, 0.4) is 0 Å². The highest BCUT2D eigenvalue weighted by molar-refractivity contribution is 7.89. The lowest BCUT2D eigenvalue weighted by molar-refractivity contribution is 0.0991. The number of hydrogen-bond acceptors (Lipinski definition) is 4. The lowest BCUT2D eigenvalue weighted by Gasteiger charge is -2.18. The molecule has 1 aromatic heterocycles. The second kappa shape index (κ2) is 6.76. The number of carbonyl (C=O) groups excluding carboxylic acids is 1. The summed E-state index contributed by atoms with van der Waals surface area (Å²) >= 11 is 11.8. The van der Waals surface area contributed by atoms with Crippen molar-refractivity contribution in [3.05, 3.63) is 46.1 Å². The maximum atomic E-state index is 12.2. The van der Waals surface area contributed by atoms with Crippen molar-refractivity contribution in [1.82, 2.24) is 4.72 Å². The smallest absolute Gasteiger partial charge is 0.291 e. The van der Waals surface area contributed by atoms with Gasteiger partial charge in [0.25, 0.3) is 15.9 Å². The van der Waals surface area contributed by atoms with Gasteiger partial charge in [0.1, 0.15) is 0 Å². The van der Waals surface area contributed by atoms with E-state index in [0.29, 0.717) is 10.7 Å². The third kappa shape index (κ3) is 4.73. The molecule has 0 saturated carbocycles. The van der Waals surface area contributed by atoms with Crippen molar-refractivity contribution in [2.24, 2.45) is 0 Å². The van der Waals surface area contributed by atoms with Gasteiger partial charge in [-0.25, -0.2) is 13.1 Å². The van der Waals surface area contributed by atoms with Crippen LogP contribution in [0.25, 0.3) is 0 Å². The fraction of sp³-hybridized carbons (Fsp3) is 0.267. The summed E-state index contributed by atoms with van der Waals surface area (Å²) in [5.74, 6) is -0.785. The first kappa shape index (κ1) is 18.8. The Balaban J connectivity index is 2.19. The molecule has 0 unspecified atom stereocenters. The van der Waals surface area contributed by atoms with Crippen molar-refractivity contribution >= 4 is 44.8 Å². The summed E-state index contributed by atoms with van der Waals surface area (Å²) in [4.78, 5) is 12.2. The zero-order valence-corrected chi connectivity index (χ0v) is 15.5. The molecule has 2 rings (SSSR count). The van der Waals surface area contributed by atoms with Crippen LogP contribution in [0.5, 0.6) is 0 Å². The van der Waals surface area contributed by atoms with Gasteiger partial charge < -0.3 is 9.73 Å². The lowest BCUT2D eigenvalue weighted by Crippen LogP contribution is -2.40. The summed E-state index contributed by atoms with van der Waals surface area (Å²) < 4.78 is 31.9. The minimum atomic E-state index is -3.86. The van der Waals surface area contributed by atoms with Crippen molar-refractivity contribution in [3.63, 3.8) is 0 Å². The highest BCUT2D eigenvalue weighted by atomic mass is 35.5. The van der Waals surface area contributed by atoms with Gasteiger partial charge in [-0.05, 0) is 51.1 Å². The van der Waals surface area contributed by atoms with Gasteiger partial charge >= 0.3 is 0 Å². The first-order valence-corrected chi connectivity index (χ1v) is 9.12. The average Bonchev–Trinajstić information content (AvgIpc) is 2.89. The van der Waals surface area contributed by atoms with Crippen molar-refractivity contribution in [3.8, 4) is 0 Å². The number of benzene rings is 1. The zero-order valence-electron chi connectivity index (χ0n) is 13.2. The molecule has 9 heteroatoms. The average molecular weight is 391 g/mol. The van der Waals surface area contributed by atoms with Crippen molar-refractivity contribution in [1.29, 1.82) is 0 Å². The Morgan fingerprint density at radius 2 is 1.79 bits per heavy atom. The molecule has 0 fully saturated rings. The van der Waals surface area contributed by atoms with E-state index in [1.54, 1.807) is 26.8 Å². The van der Waals surface area contributed by atoms with Crippen molar-refractivity contribution in [2.45, 2.75) is 31.4 Å². The Morgan fingerprint density at radius 1 is 1.12 bits per heavy atom. The second-order valence-corrected chi connectivity index (χ2v) is 8.51. The molecule has 2 N–H and O–H groups in total. The molecule has 6 nitrogen and oxygen atoms in total. The predicted octanol–water partition coefficient (Wildman–Crippen LogP) is 3.92. The number of amides is 1. The van der Waals surface area contributed by atoms with Gasteiger partial charge in [-0.1, -0.05) is 23.2 Å². The summed E-state index contributed by atoms with van der Waals surface area (Å²) in [5.41, 5.74) is -0.343. The number of nitrogens with one attached hydrogen (secondary N) is 2. The molecule has 24 heavy (non-hydrogen) atoms. The summed E-state index contributed by atoms with van der Waals surface area (Å²) in [6, 6.07) is 7.06. The standard InChI is InChI=1S/C15H16Cl2N2O4S/c1-15(2,3)19-24(21,22)13-7-6-12(23-13)14(20)18-11-5-4-9(16)8-10(11)17/h4-8,19H,1-3H3,(H,18,20). The van der Waals surface area contributed by atoms with Gasteiger partial charge in [0.2, 0.25) is 5.09 Å². The quantitative estimate of drug-likeness (QED) is 0.827. The van der Waals surface area contributed by atoms with Crippen molar-refractivity contribution < 1.29 is 17.6 Å². The molecule has 1 aromatic carbocycles. The topological polar surface area (TPSA) is 88.4 Å². The van der Waals surface area contributed by atoms with Gasteiger partial charge in [-0.2, -0.15) is 0 Å². The highest BCUT2D eigenvalue weighted by Crippen LogP contribution is 2.26. The fourth-order valence-corrected chi connectivity index (χ4v) is 3.62. The minimum Gasteiger partial charge on any atom is -0.438 e. The Hall–Kier alpha value is -1.54. The number of anilines is 1. The first-order valence-electron chi connectivity index (χ1n) is 6.88. The van der Waals surface area contributed by atoms with Gasteiger partial charge in [0.15, 0.2) is 5.76 Å². The monoisotopic (exact) mass is 390 g/mol. The van der Waals surface area contributed by atoms with Crippen LogP contribution in [0.2, 0.25) is 10.0 Å². The van der Waals surface area contributed by atoms with Crippen LogP contribution in [0, 0.1) is 0 Å². The molecule has 1 heterocycles. The third-order valence-corrected chi connectivity index (χ3v) is 4.87. The molecule has 2 aromatic rings. The molecule has 0 aliphatic heterocycles. The third-order valence-electron chi connectivity index (χ3n) is 2.69. The molecular weight excluding hydrogens is 375 g/mol. The molecule has 0 bridgehead atoms. The highest BCUT2D eigenvalue weighted by Gasteiger charge is 2.26. The normalized spacial score (nSPS) is 12.2. The molecule has 0 spiro atoms. The van der Waals surface area contributed by atoms with E-state index < -0.39 is 21.5 Å². The van der Waals surface area contributed by atoms with Crippen LogP contribution in [0.4, 0.5) is 5.69 Å². The van der Waals surface area contributed by atoms with E-state index in [1.165, 1.54) is 24.3 Å². The summed E-state index contributed by atoms with van der Waals surface area (Å²) in [6.07, 6.45) is 0. The number of furan rings is 1. The molecule has 0 aliphatic rings. The number of carbonyl (C=O) groups is 1. The summed E-state index contributed by atoms with van der Waals surface area (Å²) in [7, 11) is -3.86. The van der Waals surface area contributed by atoms with Gasteiger partial charge in [-0.3, -0.25) is 4.79 Å². The maximum absolute atomic E-state index is 12.2. The van der Waals surface area contributed by atoms with E-state index >= 15 is 0 Å². The van der Waals surface area contributed by atoms with Crippen LogP contribution < -0.4 is 10.0 Å². The summed E-state index contributed by atoms with van der Waals surface area (Å²) in [5, 5.41) is 2.87. The summed E-state index contributed by atoms with van der Waals surface area (Å²) in [6.45, 7) is 5.09. The zero-order chi connectivity index (χ0) is 18.1. The predicted molar refractivity (Wildman–Crippen MR) is 93.2 cm³/mol. The van der Waals surface area contributed by atoms with Crippen LogP contribution in [0.15, 0.2) is 39.8 Å². The number of rotatable bonds is 4. The van der Waals surface area contributed by atoms with E-state index in [0.717, 1.165) is 0 Å². The number of sulfonamides is 1. The van der Waals surface area contributed by atoms with E-state index in [-0.39, 0.29) is 15.9 Å². The van der Waals surface area contributed by atoms with E-state index in [9.17, 15) is 13.2 Å². The van der Waals surface area contributed by atoms with Crippen molar-refractivity contribution in [2.75, 3.05) is 5.32 Å². The molecule has 0 aliphatic carbocycles. The van der Waals surface area contributed by atoms with Crippen LogP contribution in [0.1, 0.15) is 31.3 Å². The van der Waals surface area contributed by atoms with Gasteiger partial charge in [-0.15, -0.1) is 0 Å². The van der Waals surface area contributed by atoms with Crippen LogP contribution in [-0.2, 0) is 10.0 Å². The Morgan fingerprint density at radius 3 is 2.38 bits per heavy atom. The van der Waals surface area contributed by atoms with Crippen LogP contribution in [-0.4, -0.2) is 19.9 Å². The Labute approximate surface area is 150 Å². The van der Waals surface area contributed by atoms with Gasteiger partial charge in [0, 0.05) is 10.6 Å². The first-order chi connectivity index (χ1) is 11.0. The lowest BCUT2D eigenvalue weighted by atomic mass is 10.1. The number of hydrogen-bond donors (Lipinski definition) is 2. The molecule has 1 amide bonds. The molecule has 0 radical (unpaired) electrons. The molecule has 0 saturated heterocycles. The number of halogens is 2. The van der Waals surface area contributed by atoms with E-state index in [1.807, 2.05) is 0 Å². The SMILES string of the molecule is CC(C)(C)NS(=O)(=O)c1ccc(C(=O)Nc2ccc(Cl)cc2Cl)o1. The molecule has 0 atom stereocenters. The largest absolute Gasteiger partial charge is 0.438 e. The second-order valence-electron chi connectivity index (χ2n) is 6.05. The van der Waals surface area contributed by atoms with E-state index in [2.05, 4.69) is 10.0 Å². The maximum Gasteiger partial charge on any atom is 0.291 e. The Bertz CT molecular complexity index is 870.